The molecule has 6 heterocycles. The molecule has 2 aliphatic carbocycles. The van der Waals surface area contributed by atoms with Gasteiger partial charge >= 0.3 is 0 Å². The summed E-state index contributed by atoms with van der Waals surface area (Å²) in [4.78, 5) is 38.9. The molecule has 11 rings (SSSR count). The Kier molecular flexibility index (Phi) is 14.0. The number of carbonyl (C=O) groups is 1. The quantitative estimate of drug-likeness (QED) is 0.0602. The van der Waals surface area contributed by atoms with E-state index in [-0.39, 0.29) is 71.1 Å². The molecule has 19 heteroatoms. The zero-order valence-corrected chi connectivity index (χ0v) is 44.1. The predicted molar refractivity (Wildman–Crippen MR) is 283 cm³/mol. The molecule has 0 bridgehead atoms. The summed E-state index contributed by atoms with van der Waals surface area (Å²) in [6.45, 7) is 13.5. The molecule has 4 N–H and O–H groups in total. The predicted octanol–water partition coefficient (Wildman–Crippen LogP) is 8.96. The van der Waals surface area contributed by atoms with Crippen molar-refractivity contribution in [3.8, 4) is 23.1 Å². The number of hydrogen-bond acceptors (Lipinski definition) is 15. The van der Waals surface area contributed by atoms with Gasteiger partial charge < -0.3 is 44.0 Å². The van der Waals surface area contributed by atoms with Crippen LogP contribution in [0.2, 0.25) is 0 Å². The fourth-order valence-corrected chi connectivity index (χ4v) is 13.7. The number of piperidine rings is 1. The van der Waals surface area contributed by atoms with Crippen molar-refractivity contribution < 1.29 is 46.9 Å². The Bertz CT molecular complexity index is 3060. The summed E-state index contributed by atoms with van der Waals surface area (Å²) in [5.74, 6) is 0.456. The third-order valence-corrected chi connectivity index (χ3v) is 18.1. The van der Waals surface area contributed by atoms with E-state index in [1.54, 1.807) is 31.2 Å². The van der Waals surface area contributed by atoms with Gasteiger partial charge in [0.15, 0.2) is 17.2 Å². The second kappa shape index (κ2) is 20.5. The SMILES string of the molecule is Cc1cc2cc(Oc3cc(N4CCC5(CC4)CN(C4CCC[C@H]4c4ccccc4C(C)C)C5)ccc3C(=O)NS(=O)(=O)c3cc4c(c([N+](=O)[O-])c3)N[C@@H](C3CCC(C)(O)CC3)CO4)c(OC[C@H]3COCCO3)nc2[nH]1. The maximum atomic E-state index is 14.5. The van der Waals surface area contributed by atoms with Crippen LogP contribution in [-0.4, -0.2) is 122 Å². The van der Waals surface area contributed by atoms with Crippen molar-refractivity contribution >= 4 is 44.0 Å². The van der Waals surface area contributed by atoms with E-state index in [9.17, 15) is 28.4 Å². The number of fused-ring (bicyclic) bond motifs is 2. The van der Waals surface area contributed by atoms with Crippen LogP contribution < -0.4 is 29.1 Å². The number of aryl methyl sites for hydroxylation is 1. The first-order chi connectivity index (χ1) is 36.0. The second-order valence-corrected chi connectivity index (χ2v) is 24.2. The number of pyridine rings is 1. The maximum absolute atomic E-state index is 14.5. The van der Waals surface area contributed by atoms with E-state index in [1.165, 1.54) is 36.5 Å². The summed E-state index contributed by atoms with van der Waals surface area (Å²) in [5, 5.41) is 27.0. The lowest BCUT2D eigenvalue weighted by Crippen LogP contribution is -2.63. The van der Waals surface area contributed by atoms with E-state index in [4.69, 9.17) is 28.7 Å². The standard InChI is InChI=1S/C56H69N7O11S/c1-34(2)41-8-5-6-9-42(41)43-10-7-11-46(43)62-32-56(33-62)18-20-61(21-19-56)38-12-13-44(48(26-38)74-50-25-37-24-35(3)57-52(37)59-54(50)73-30-39-29-70-22-23-71-39)53(64)60-75(68,69)40-27-47(63(66)67)51-49(28-40)72-31-45(58-51)36-14-16-55(4,65)17-15-36/h5-6,8-9,12-13,24-28,34,36,39,43,45-46,58,65H,7,10-11,14-23,29-33H2,1-4H3,(H,57,59)(H,60,64)/t36?,39-,43+,45-,46?,55?/m1/s1. The normalized spacial score (nSPS) is 25.8. The number of likely N-dealkylation sites (tertiary alicyclic amines) is 1. The molecular formula is C56H69N7O11S. The molecule has 6 aliphatic rings. The van der Waals surface area contributed by atoms with E-state index < -0.39 is 37.0 Å². The zero-order valence-electron chi connectivity index (χ0n) is 43.3. The van der Waals surface area contributed by atoms with Crippen LogP contribution >= 0.6 is 0 Å². The molecule has 2 saturated carbocycles. The van der Waals surface area contributed by atoms with Crippen LogP contribution in [0.25, 0.3) is 11.0 Å². The molecule has 3 aromatic carbocycles. The molecule has 400 valence electrons. The Morgan fingerprint density at radius 1 is 0.987 bits per heavy atom. The first kappa shape index (κ1) is 51.1. The number of nitro groups is 1. The van der Waals surface area contributed by atoms with Crippen LogP contribution in [0.3, 0.4) is 0 Å². The van der Waals surface area contributed by atoms with E-state index in [0.29, 0.717) is 69.0 Å². The molecular weight excluding hydrogens is 979 g/mol. The molecule has 75 heavy (non-hydrogen) atoms. The number of hydrogen-bond donors (Lipinski definition) is 4. The number of benzene rings is 3. The lowest BCUT2D eigenvalue weighted by atomic mass is 9.70. The topological polar surface area (TPSA) is 220 Å². The van der Waals surface area contributed by atoms with E-state index in [0.717, 1.165) is 61.9 Å². The highest BCUT2D eigenvalue weighted by Gasteiger charge is 2.50. The molecule has 5 fully saturated rings. The third kappa shape index (κ3) is 10.6. The first-order valence-electron chi connectivity index (χ1n) is 26.7. The van der Waals surface area contributed by atoms with Crippen LogP contribution in [0.5, 0.6) is 23.1 Å². The van der Waals surface area contributed by atoms with Gasteiger partial charge in [-0.05, 0) is 124 Å². The number of H-pyrrole nitrogens is 1. The Hall–Kier alpha value is -5.99. The Labute approximate surface area is 438 Å². The zero-order chi connectivity index (χ0) is 52.2. The fraction of sp³-hybridized carbons (Fsp3) is 0.536. The maximum Gasteiger partial charge on any atom is 0.297 e. The van der Waals surface area contributed by atoms with Crippen molar-refractivity contribution in [1.29, 1.82) is 0 Å². The lowest BCUT2D eigenvalue weighted by Gasteiger charge is -2.57. The van der Waals surface area contributed by atoms with Gasteiger partial charge in [0.25, 0.3) is 27.5 Å². The van der Waals surface area contributed by atoms with Gasteiger partial charge in [0.05, 0.1) is 46.8 Å². The number of rotatable bonds is 14. The van der Waals surface area contributed by atoms with Gasteiger partial charge in [-0.3, -0.25) is 19.8 Å². The minimum Gasteiger partial charge on any atom is -0.489 e. The first-order valence-corrected chi connectivity index (χ1v) is 28.2. The number of nitrogens with zero attached hydrogens (tertiary/aromatic N) is 4. The molecule has 1 unspecified atom stereocenters. The van der Waals surface area contributed by atoms with E-state index in [2.05, 4.69) is 62.9 Å². The monoisotopic (exact) mass is 1050 g/mol. The Balaban J connectivity index is 0.850. The fourth-order valence-electron chi connectivity index (χ4n) is 12.7. The Morgan fingerprint density at radius 3 is 2.52 bits per heavy atom. The van der Waals surface area contributed by atoms with Crippen molar-refractivity contribution in [2.45, 2.75) is 126 Å². The summed E-state index contributed by atoms with van der Waals surface area (Å²) in [6, 6.07) is 20.2. The average Bonchev–Trinajstić information content (AvgIpc) is 4.02. The molecule has 18 nitrogen and oxygen atoms in total. The van der Waals surface area contributed by atoms with Crippen molar-refractivity contribution in [3.63, 3.8) is 0 Å². The van der Waals surface area contributed by atoms with Gasteiger partial charge in [0.2, 0.25) is 0 Å². The second-order valence-electron chi connectivity index (χ2n) is 22.5. The van der Waals surface area contributed by atoms with Crippen LogP contribution in [0.15, 0.2) is 71.6 Å². The Morgan fingerprint density at radius 2 is 1.77 bits per heavy atom. The van der Waals surface area contributed by atoms with Crippen molar-refractivity contribution in [3.05, 3.63) is 99.2 Å². The van der Waals surface area contributed by atoms with Gasteiger partial charge in [-0.25, -0.2) is 13.1 Å². The number of nitro benzene ring substituents is 1. The molecule has 3 saturated heterocycles. The third-order valence-electron chi connectivity index (χ3n) is 16.8. The van der Waals surface area contributed by atoms with Gasteiger partial charge in [-0.1, -0.05) is 44.5 Å². The summed E-state index contributed by atoms with van der Waals surface area (Å²) in [7, 11) is -4.74. The molecule has 1 amide bonds. The van der Waals surface area contributed by atoms with Crippen LogP contribution in [0.4, 0.5) is 17.1 Å². The molecule has 4 aliphatic heterocycles. The summed E-state index contributed by atoms with van der Waals surface area (Å²) in [6.07, 6.45) is 7.90. The largest absolute Gasteiger partial charge is 0.489 e. The smallest absolute Gasteiger partial charge is 0.297 e. The average molecular weight is 1050 g/mol. The summed E-state index contributed by atoms with van der Waals surface area (Å²) in [5.41, 5.74) is 4.11. The van der Waals surface area contributed by atoms with Crippen LogP contribution in [-0.2, 0) is 19.5 Å². The summed E-state index contributed by atoms with van der Waals surface area (Å²) >= 11 is 0. The van der Waals surface area contributed by atoms with Crippen molar-refractivity contribution in [2.75, 3.05) is 69.4 Å². The minimum absolute atomic E-state index is 0.0156. The molecule has 0 radical (unpaired) electrons. The minimum atomic E-state index is -4.74. The number of aromatic amines is 1. The highest BCUT2D eigenvalue weighted by molar-refractivity contribution is 7.90. The van der Waals surface area contributed by atoms with Crippen LogP contribution in [0, 0.1) is 28.4 Å². The number of carbonyl (C=O) groups excluding carboxylic acids is 1. The molecule has 1 spiro atoms. The van der Waals surface area contributed by atoms with Gasteiger partial charge in [0.1, 0.15) is 30.7 Å². The van der Waals surface area contributed by atoms with Crippen LogP contribution in [0.1, 0.15) is 118 Å². The molecule has 4 atom stereocenters. The number of ether oxygens (including phenoxy) is 5. The van der Waals surface area contributed by atoms with E-state index >= 15 is 0 Å². The number of nitrogens with one attached hydrogen (secondary N) is 3. The highest BCUT2D eigenvalue weighted by atomic mass is 32.2. The van der Waals surface area contributed by atoms with Gasteiger partial charge in [-0.2, -0.15) is 4.98 Å². The number of sulfonamides is 1. The van der Waals surface area contributed by atoms with Gasteiger partial charge in [-0.15, -0.1) is 0 Å². The molecule has 2 aromatic heterocycles. The summed E-state index contributed by atoms with van der Waals surface area (Å²) < 4.78 is 61.1. The van der Waals surface area contributed by atoms with Crippen molar-refractivity contribution in [2.24, 2.45) is 11.3 Å². The number of anilines is 2. The van der Waals surface area contributed by atoms with E-state index in [1.807, 2.05) is 13.0 Å². The molecule has 5 aromatic rings. The van der Waals surface area contributed by atoms with Crippen molar-refractivity contribution in [1.82, 2.24) is 19.6 Å². The highest BCUT2D eigenvalue weighted by Crippen LogP contribution is 2.50. The number of aromatic nitrogens is 2. The number of amides is 1. The van der Waals surface area contributed by atoms with Gasteiger partial charge in [0, 0.05) is 67.2 Å². The number of aliphatic hydroxyl groups is 1. The lowest BCUT2D eigenvalue weighted by molar-refractivity contribution is -0.384.